The average molecular weight is 469 g/mol. The summed E-state index contributed by atoms with van der Waals surface area (Å²) >= 11 is 0. The van der Waals surface area contributed by atoms with E-state index >= 15 is 0 Å². The topological polar surface area (TPSA) is 110 Å². The van der Waals surface area contributed by atoms with Gasteiger partial charge in [0.2, 0.25) is 10.0 Å². The first-order valence-corrected chi connectivity index (χ1v) is 11.5. The van der Waals surface area contributed by atoms with Crippen molar-refractivity contribution >= 4 is 27.3 Å². The molecule has 1 N–H and O–H groups in total. The number of carbonyl (C=O) groups excluding carboxylic acids is 1. The molecule has 0 aliphatic carbocycles. The first-order chi connectivity index (χ1) is 15.6. The van der Waals surface area contributed by atoms with Crippen LogP contribution in [0.2, 0.25) is 0 Å². The molecule has 0 saturated heterocycles. The number of fused-ring (bicyclic) bond motifs is 1. The van der Waals surface area contributed by atoms with Crippen LogP contribution in [0.25, 0.3) is 0 Å². The van der Waals surface area contributed by atoms with E-state index in [0.717, 1.165) is 23.3 Å². The minimum atomic E-state index is -3.79. The van der Waals surface area contributed by atoms with Gasteiger partial charge in [-0.05, 0) is 73.0 Å². The highest BCUT2D eigenvalue weighted by Gasteiger charge is 2.28. The monoisotopic (exact) mass is 469 g/mol. The number of aryl methyl sites for hydroxylation is 1. The summed E-state index contributed by atoms with van der Waals surface area (Å²) in [6, 6.07) is 14.1. The number of amides is 1. The Morgan fingerprint density at radius 3 is 2.45 bits per heavy atom. The lowest BCUT2D eigenvalue weighted by Gasteiger charge is -2.28. The number of halogens is 1. The molecule has 0 unspecified atom stereocenters. The van der Waals surface area contributed by atoms with Crippen LogP contribution < -0.4 is 5.32 Å². The molecule has 0 bridgehead atoms. The van der Waals surface area contributed by atoms with Crippen molar-refractivity contribution in [2.45, 2.75) is 24.8 Å². The van der Waals surface area contributed by atoms with Crippen LogP contribution in [0, 0.1) is 22.9 Å². The maximum Gasteiger partial charge on any atom is 0.272 e. The van der Waals surface area contributed by atoms with E-state index in [1.54, 1.807) is 19.1 Å². The SMILES string of the molecule is Cc1cc(C(=O)Nc2ccc3c(c2)CN(S(=O)(=O)c2ccc(F)cc2)CC3)ccc1[N+](=O)[O-]. The molecule has 0 spiro atoms. The molecule has 33 heavy (non-hydrogen) atoms. The summed E-state index contributed by atoms with van der Waals surface area (Å²) in [5.74, 6) is -0.943. The van der Waals surface area contributed by atoms with Crippen molar-refractivity contribution in [2.75, 3.05) is 11.9 Å². The highest BCUT2D eigenvalue weighted by Crippen LogP contribution is 2.28. The summed E-state index contributed by atoms with van der Waals surface area (Å²) < 4.78 is 40.4. The Labute approximate surface area is 189 Å². The van der Waals surface area contributed by atoms with Crippen LogP contribution >= 0.6 is 0 Å². The number of benzene rings is 3. The summed E-state index contributed by atoms with van der Waals surface area (Å²) in [4.78, 5) is 23.1. The van der Waals surface area contributed by atoms with Crippen molar-refractivity contribution in [2.24, 2.45) is 0 Å². The second-order valence-electron chi connectivity index (χ2n) is 7.74. The lowest BCUT2D eigenvalue weighted by molar-refractivity contribution is -0.385. The fourth-order valence-corrected chi connectivity index (χ4v) is 5.19. The van der Waals surface area contributed by atoms with Gasteiger partial charge in [-0.3, -0.25) is 14.9 Å². The van der Waals surface area contributed by atoms with Crippen molar-refractivity contribution in [1.82, 2.24) is 4.31 Å². The molecule has 3 aromatic carbocycles. The molecule has 0 aromatic heterocycles. The molecule has 170 valence electrons. The minimum Gasteiger partial charge on any atom is -0.322 e. The average Bonchev–Trinajstić information content (AvgIpc) is 2.78. The van der Waals surface area contributed by atoms with E-state index < -0.39 is 26.7 Å². The van der Waals surface area contributed by atoms with E-state index in [1.807, 2.05) is 6.07 Å². The lowest BCUT2D eigenvalue weighted by atomic mass is 10.0. The molecule has 0 atom stereocenters. The predicted octanol–water partition coefficient (Wildman–Crippen LogP) is 4.04. The maximum atomic E-state index is 13.2. The normalized spacial score (nSPS) is 13.9. The second-order valence-corrected chi connectivity index (χ2v) is 9.68. The van der Waals surface area contributed by atoms with Crippen LogP contribution in [0.4, 0.5) is 15.8 Å². The lowest BCUT2D eigenvalue weighted by Crippen LogP contribution is -2.36. The van der Waals surface area contributed by atoms with E-state index in [0.29, 0.717) is 24.2 Å². The fraction of sp³-hybridized carbons (Fsp3) is 0.174. The highest BCUT2D eigenvalue weighted by molar-refractivity contribution is 7.89. The van der Waals surface area contributed by atoms with Crippen molar-refractivity contribution < 1.29 is 22.5 Å². The number of nitro benzene ring substituents is 1. The summed E-state index contributed by atoms with van der Waals surface area (Å²) in [6.45, 7) is 1.97. The number of nitro groups is 1. The van der Waals surface area contributed by atoms with Crippen molar-refractivity contribution in [3.8, 4) is 0 Å². The third-order valence-electron chi connectivity index (χ3n) is 5.55. The molecular formula is C23H20FN3O5S. The summed E-state index contributed by atoms with van der Waals surface area (Å²) in [5.41, 5.74) is 2.80. The first-order valence-electron chi connectivity index (χ1n) is 10.1. The van der Waals surface area contributed by atoms with Crippen LogP contribution in [0.3, 0.4) is 0 Å². The molecule has 1 aliphatic heterocycles. The number of carbonyl (C=O) groups is 1. The Kier molecular flexibility index (Phi) is 5.96. The number of rotatable bonds is 5. The van der Waals surface area contributed by atoms with Gasteiger partial charge < -0.3 is 5.32 Å². The smallest absolute Gasteiger partial charge is 0.272 e. The first kappa shape index (κ1) is 22.6. The molecule has 3 aromatic rings. The van der Waals surface area contributed by atoms with Crippen LogP contribution in [0.15, 0.2) is 65.6 Å². The zero-order chi connectivity index (χ0) is 23.8. The number of hydrogen-bond donors (Lipinski definition) is 1. The summed E-state index contributed by atoms with van der Waals surface area (Å²) in [5, 5.41) is 13.7. The van der Waals surface area contributed by atoms with Gasteiger partial charge >= 0.3 is 0 Å². The highest BCUT2D eigenvalue weighted by atomic mass is 32.2. The van der Waals surface area contributed by atoms with Crippen LogP contribution in [0.5, 0.6) is 0 Å². The standard InChI is InChI=1S/C23H20FN3O5S/c1-15-12-17(3-9-22(15)27(29)30)23(28)25-20-6-2-16-10-11-26(14-18(16)13-20)33(31,32)21-7-4-19(24)5-8-21/h2-9,12-13H,10-11,14H2,1H3,(H,25,28). The number of anilines is 1. The summed E-state index contributed by atoms with van der Waals surface area (Å²) in [7, 11) is -3.79. The number of nitrogens with one attached hydrogen (secondary N) is 1. The molecule has 0 radical (unpaired) electrons. The molecule has 1 aliphatic rings. The van der Waals surface area contributed by atoms with Gasteiger partial charge in [-0.2, -0.15) is 4.31 Å². The summed E-state index contributed by atoms with van der Waals surface area (Å²) in [6.07, 6.45) is 0.505. The van der Waals surface area contributed by atoms with Crippen molar-refractivity contribution in [3.63, 3.8) is 0 Å². The Balaban J connectivity index is 1.53. The zero-order valence-corrected chi connectivity index (χ0v) is 18.4. The van der Waals surface area contributed by atoms with E-state index in [-0.39, 0.29) is 22.7 Å². The third-order valence-corrected chi connectivity index (χ3v) is 7.41. The zero-order valence-electron chi connectivity index (χ0n) is 17.6. The van der Waals surface area contributed by atoms with Gasteiger partial charge in [-0.15, -0.1) is 0 Å². The Hall–Kier alpha value is -3.63. The van der Waals surface area contributed by atoms with E-state index in [2.05, 4.69) is 5.32 Å². The van der Waals surface area contributed by atoms with E-state index in [9.17, 15) is 27.7 Å². The van der Waals surface area contributed by atoms with Crippen molar-refractivity contribution in [1.29, 1.82) is 0 Å². The number of sulfonamides is 1. The molecule has 0 fully saturated rings. The molecule has 8 nitrogen and oxygen atoms in total. The van der Waals surface area contributed by atoms with Gasteiger partial charge in [-0.1, -0.05) is 6.07 Å². The minimum absolute atomic E-state index is 0.0188. The molecule has 1 heterocycles. The van der Waals surface area contributed by atoms with Gasteiger partial charge in [0.25, 0.3) is 11.6 Å². The van der Waals surface area contributed by atoms with Crippen molar-refractivity contribution in [3.05, 3.63) is 98.8 Å². The molecule has 1 amide bonds. The van der Waals surface area contributed by atoms with Gasteiger partial charge in [-0.25, -0.2) is 12.8 Å². The van der Waals surface area contributed by atoms with Gasteiger partial charge in [0.1, 0.15) is 5.82 Å². The molecule has 0 saturated carbocycles. The van der Waals surface area contributed by atoms with Gasteiger partial charge in [0, 0.05) is 36.0 Å². The Bertz CT molecular complexity index is 1360. The third kappa shape index (κ3) is 4.62. The fourth-order valence-electron chi connectivity index (χ4n) is 3.77. The predicted molar refractivity (Wildman–Crippen MR) is 120 cm³/mol. The maximum absolute atomic E-state index is 13.2. The molecule has 10 heteroatoms. The number of nitrogens with zero attached hydrogens (tertiary/aromatic N) is 2. The Morgan fingerprint density at radius 1 is 1.06 bits per heavy atom. The van der Waals surface area contributed by atoms with Crippen LogP contribution in [-0.4, -0.2) is 30.1 Å². The second kappa shape index (κ2) is 8.72. The molecule has 4 rings (SSSR count). The van der Waals surface area contributed by atoms with Crippen LogP contribution in [0.1, 0.15) is 27.0 Å². The van der Waals surface area contributed by atoms with Gasteiger partial charge in [0.05, 0.1) is 9.82 Å². The number of hydrogen-bond acceptors (Lipinski definition) is 5. The largest absolute Gasteiger partial charge is 0.322 e. The Morgan fingerprint density at radius 2 is 1.79 bits per heavy atom. The quantitative estimate of drug-likeness (QED) is 0.448. The van der Waals surface area contributed by atoms with E-state index in [1.165, 1.54) is 34.6 Å². The van der Waals surface area contributed by atoms with Gasteiger partial charge in [0.15, 0.2) is 0 Å². The van der Waals surface area contributed by atoms with E-state index in [4.69, 9.17) is 0 Å². The molecular weight excluding hydrogens is 449 g/mol. The van der Waals surface area contributed by atoms with Crippen LogP contribution in [-0.2, 0) is 23.0 Å².